The molecule has 1 aliphatic rings. The van der Waals surface area contributed by atoms with E-state index in [0.29, 0.717) is 0 Å². The van der Waals surface area contributed by atoms with Gasteiger partial charge in [-0.05, 0) is 43.4 Å². The quantitative estimate of drug-likeness (QED) is 0.741. The molecule has 0 spiro atoms. The number of hydrogen-bond acceptors (Lipinski definition) is 1. The summed E-state index contributed by atoms with van der Waals surface area (Å²) in [6.45, 7) is 6.75. The Kier molecular flexibility index (Phi) is 4.63. The molecule has 0 aliphatic heterocycles. The van der Waals surface area contributed by atoms with E-state index in [1.165, 1.54) is 42.5 Å². The summed E-state index contributed by atoms with van der Waals surface area (Å²) in [5.41, 5.74) is 4.40. The second-order valence-electron chi connectivity index (χ2n) is 5.11. The van der Waals surface area contributed by atoms with Gasteiger partial charge in [-0.25, -0.2) is 0 Å². The van der Waals surface area contributed by atoms with E-state index >= 15 is 0 Å². The zero-order valence-electron chi connectivity index (χ0n) is 10.9. The summed E-state index contributed by atoms with van der Waals surface area (Å²) in [6.07, 6.45) is 4.19. The molecule has 1 saturated carbocycles. The van der Waals surface area contributed by atoms with Crippen molar-refractivity contribution in [2.24, 2.45) is 0 Å². The second kappa shape index (κ2) is 6.01. The van der Waals surface area contributed by atoms with Crippen molar-refractivity contribution in [2.75, 3.05) is 11.9 Å². The minimum atomic E-state index is 0.826. The summed E-state index contributed by atoms with van der Waals surface area (Å²) >= 11 is 3.58. The SMILES string of the molecule is Cc1cccc(C)c1CN(CCBr)C1CCC1. The maximum atomic E-state index is 3.58. The Hall–Kier alpha value is -0.340. The molecule has 0 aromatic heterocycles. The lowest BCUT2D eigenvalue weighted by molar-refractivity contribution is 0.127. The molecular weight excluding hydrogens is 274 g/mol. The number of alkyl halides is 1. The number of rotatable bonds is 5. The number of benzene rings is 1. The summed E-state index contributed by atoms with van der Waals surface area (Å²) in [5.74, 6) is 0. The predicted octanol–water partition coefficient (Wildman–Crippen LogP) is 4.05. The van der Waals surface area contributed by atoms with Gasteiger partial charge in [0.15, 0.2) is 0 Å². The van der Waals surface area contributed by atoms with Gasteiger partial charge < -0.3 is 0 Å². The Labute approximate surface area is 113 Å². The van der Waals surface area contributed by atoms with E-state index in [4.69, 9.17) is 0 Å². The number of halogens is 1. The molecule has 0 atom stereocenters. The van der Waals surface area contributed by atoms with Crippen LogP contribution in [0.5, 0.6) is 0 Å². The van der Waals surface area contributed by atoms with E-state index in [2.05, 4.69) is 52.9 Å². The van der Waals surface area contributed by atoms with Crippen LogP contribution in [-0.4, -0.2) is 22.8 Å². The van der Waals surface area contributed by atoms with Crippen LogP contribution in [0, 0.1) is 13.8 Å². The Balaban J connectivity index is 2.10. The fourth-order valence-corrected chi connectivity index (χ4v) is 3.01. The molecule has 2 rings (SSSR count). The van der Waals surface area contributed by atoms with Crippen LogP contribution in [-0.2, 0) is 6.54 Å². The summed E-state index contributed by atoms with van der Waals surface area (Å²) in [6, 6.07) is 7.45. The highest BCUT2D eigenvalue weighted by Crippen LogP contribution is 2.27. The molecule has 1 aliphatic carbocycles. The van der Waals surface area contributed by atoms with Gasteiger partial charge >= 0.3 is 0 Å². The van der Waals surface area contributed by atoms with E-state index < -0.39 is 0 Å². The van der Waals surface area contributed by atoms with Crippen molar-refractivity contribution >= 4 is 15.9 Å². The number of hydrogen-bond donors (Lipinski definition) is 0. The van der Waals surface area contributed by atoms with Crippen molar-refractivity contribution in [3.8, 4) is 0 Å². The fraction of sp³-hybridized carbons (Fsp3) is 0.600. The van der Waals surface area contributed by atoms with Crippen LogP contribution in [0.2, 0.25) is 0 Å². The topological polar surface area (TPSA) is 3.24 Å². The average Bonchev–Trinajstić information content (AvgIpc) is 2.21. The molecular formula is C15H22BrN. The first-order chi connectivity index (χ1) is 8.22. The summed E-state index contributed by atoms with van der Waals surface area (Å²) < 4.78 is 0. The van der Waals surface area contributed by atoms with Crippen molar-refractivity contribution in [3.63, 3.8) is 0 Å². The zero-order chi connectivity index (χ0) is 12.3. The van der Waals surface area contributed by atoms with Crippen LogP contribution >= 0.6 is 15.9 Å². The fourth-order valence-electron chi connectivity index (χ4n) is 2.55. The molecule has 0 saturated heterocycles. The van der Waals surface area contributed by atoms with Gasteiger partial charge in [0.05, 0.1) is 0 Å². The highest BCUT2D eigenvalue weighted by Gasteiger charge is 2.24. The van der Waals surface area contributed by atoms with Crippen LogP contribution in [0.3, 0.4) is 0 Å². The van der Waals surface area contributed by atoms with Gasteiger partial charge in [0, 0.05) is 24.5 Å². The lowest BCUT2D eigenvalue weighted by Gasteiger charge is -2.38. The molecule has 0 heterocycles. The van der Waals surface area contributed by atoms with Crippen LogP contribution in [0.25, 0.3) is 0 Å². The van der Waals surface area contributed by atoms with Gasteiger partial charge in [-0.1, -0.05) is 40.5 Å². The molecule has 0 N–H and O–H groups in total. The molecule has 1 nitrogen and oxygen atoms in total. The Morgan fingerprint density at radius 2 is 1.88 bits per heavy atom. The normalized spacial score (nSPS) is 16.2. The van der Waals surface area contributed by atoms with Crippen LogP contribution in [0.4, 0.5) is 0 Å². The van der Waals surface area contributed by atoms with Gasteiger partial charge in [-0.2, -0.15) is 0 Å². The highest BCUT2D eigenvalue weighted by atomic mass is 79.9. The largest absolute Gasteiger partial charge is 0.295 e. The summed E-state index contributed by atoms with van der Waals surface area (Å²) in [5, 5.41) is 1.08. The molecule has 0 bridgehead atoms. The molecule has 1 fully saturated rings. The smallest absolute Gasteiger partial charge is 0.0242 e. The lowest BCUT2D eigenvalue weighted by Crippen LogP contribution is -2.41. The minimum absolute atomic E-state index is 0.826. The maximum Gasteiger partial charge on any atom is 0.0242 e. The molecule has 1 aromatic rings. The van der Waals surface area contributed by atoms with E-state index in [0.717, 1.165) is 17.9 Å². The summed E-state index contributed by atoms with van der Waals surface area (Å²) in [7, 11) is 0. The minimum Gasteiger partial charge on any atom is -0.295 e. The first-order valence-corrected chi connectivity index (χ1v) is 7.69. The van der Waals surface area contributed by atoms with E-state index in [1.54, 1.807) is 0 Å². The molecule has 17 heavy (non-hydrogen) atoms. The predicted molar refractivity (Wildman–Crippen MR) is 77.8 cm³/mol. The molecule has 0 radical (unpaired) electrons. The molecule has 2 heteroatoms. The van der Waals surface area contributed by atoms with Crippen LogP contribution < -0.4 is 0 Å². The second-order valence-corrected chi connectivity index (χ2v) is 5.91. The van der Waals surface area contributed by atoms with Gasteiger partial charge in [0.2, 0.25) is 0 Å². The van der Waals surface area contributed by atoms with Crippen molar-refractivity contribution in [2.45, 2.75) is 45.7 Å². The Bertz CT molecular complexity index is 351. The third-order valence-corrected chi connectivity index (χ3v) is 4.32. The number of nitrogens with zero attached hydrogens (tertiary/aromatic N) is 1. The van der Waals surface area contributed by atoms with Gasteiger partial charge in [-0.3, -0.25) is 4.90 Å². The highest BCUT2D eigenvalue weighted by molar-refractivity contribution is 9.09. The molecule has 0 amide bonds. The zero-order valence-corrected chi connectivity index (χ0v) is 12.5. The van der Waals surface area contributed by atoms with Gasteiger partial charge in [0.25, 0.3) is 0 Å². The third-order valence-electron chi connectivity index (χ3n) is 3.97. The maximum absolute atomic E-state index is 3.58. The molecule has 1 aromatic carbocycles. The molecule has 94 valence electrons. The van der Waals surface area contributed by atoms with Crippen molar-refractivity contribution in [3.05, 3.63) is 34.9 Å². The first kappa shape index (κ1) is 13.1. The third kappa shape index (κ3) is 3.11. The van der Waals surface area contributed by atoms with Crippen LogP contribution in [0.15, 0.2) is 18.2 Å². The van der Waals surface area contributed by atoms with E-state index in [9.17, 15) is 0 Å². The Morgan fingerprint density at radius 3 is 2.35 bits per heavy atom. The van der Waals surface area contributed by atoms with Crippen LogP contribution in [0.1, 0.15) is 36.0 Å². The average molecular weight is 296 g/mol. The van der Waals surface area contributed by atoms with E-state index in [1.807, 2.05) is 0 Å². The van der Waals surface area contributed by atoms with E-state index in [-0.39, 0.29) is 0 Å². The van der Waals surface area contributed by atoms with Crippen molar-refractivity contribution in [1.29, 1.82) is 0 Å². The molecule has 0 unspecified atom stereocenters. The van der Waals surface area contributed by atoms with Crippen molar-refractivity contribution in [1.82, 2.24) is 4.90 Å². The standard InChI is InChI=1S/C15H22BrN/c1-12-5-3-6-13(2)15(12)11-17(10-9-16)14-7-4-8-14/h3,5-6,14H,4,7-11H2,1-2H3. The monoisotopic (exact) mass is 295 g/mol. The Morgan fingerprint density at radius 1 is 1.24 bits per heavy atom. The number of aryl methyl sites for hydroxylation is 2. The summed E-state index contributed by atoms with van der Waals surface area (Å²) in [4.78, 5) is 2.65. The van der Waals surface area contributed by atoms with Crippen molar-refractivity contribution < 1.29 is 0 Å². The lowest BCUT2D eigenvalue weighted by atomic mass is 9.90. The first-order valence-electron chi connectivity index (χ1n) is 6.57. The van der Waals surface area contributed by atoms with Gasteiger partial charge in [-0.15, -0.1) is 0 Å². The van der Waals surface area contributed by atoms with Gasteiger partial charge in [0.1, 0.15) is 0 Å².